The summed E-state index contributed by atoms with van der Waals surface area (Å²) < 4.78 is 5.71. The smallest absolute Gasteiger partial charge is 0.277 e. The van der Waals surface area contributed by atoms with Gasteiger partial charge in [0.15, 0.2) is 0 Å². The maximum Gasteiger partial charge on any atom is 0.277 e. The number of hydrogen-bond acceptors (Lipinski definition) is 6. The van der Waals surface area contributed by atoms with Crippen molar-refractivity contribution in [3.05, 3.63) is 41.8 Å². The number of aromatic nitrogens is 2. The van der Waals surface area contributed by atoms with Crippen LogP contribution in [0.5, 0.6) is 0 Å². The molecule has 8 heteroatoms. The molecule has 26 heavy (non-hydrogen) atoms. The van der Waals surface area contributed by atoms with Crippen molar-refractivity contribution in [3.63, 3.8) is 0 Å². The van der Waals surface area contributed by atoms with Crippen molar-refractivity contribution >= 4 is 23.6 Å². The molecular formula is C18H22N4O3S. The third-order valence-electron chi connectivity index (χ3n) is 4.36. The van der Waals surface area contributed by atoms with Crippen molar-refractivity contribution < 1.29 is 14.0 Å². The monoisotopic (exact) mass is 374 g/mol. The van der Waals surface area contributed by atoms with Crippen LogP contribution in [0.25, 0.3) is 0 Å². The van der Waals surface area contributed by atoms with Crippen molar-refractivity contribution in [2.45, 2.75) is 55.4 Å². The van der Waals surface area contributed by atoms with E-state index in [0.29, 0.717) is 22.6 Å². The number of amides is 2. The molecule has 1 saturated carbocycles. The van der Waals surface area contributed by atoms with E-state index in [4.69, 9.17) is 4.42 Å². The summed E-state index contributed by atoms with van der Waals surface area (Å²) in [6.45, 7) is 1.72. The number of nitrogens with one attached hydrogen (secondary N) is 2. The molecule has 0 saturated heterocycles. The predicted molar refractivity (Wildman–Crippen MR) is 97.5 cm³/mol. The molecule has 1 aliphatic rings. The largest absolute Gasteiger partial charge is 0.416 e. The van der Waals surface area contributed by atoms with Crippen molar-refractivity contribution in [3.8, 4) is 0 Å². The lowest BCUT2D eigenvalue weighted by atomic mass is 9.89. The van der Waals surface area contributed by atoms with Gasteiger partial charge in [0.1, 0.15) is 0 Å². The Morgan fingerprint density at radius 1 is 1.12 bits per heavy atom. The Kier molecular flexibility index (Phi) is 6.27. The van der Waals surface area contributed by atoms with Crippen LogP contribution in [0.1, 0.15) is 61.2 Å². The molecule has 1 aromatic heterocycles. The van der Waals surface area contributed by atoms with Crippen LogP contribution in [0.3, 0.4) is 0 Å². The highest BCUT2D eigenvalue weighted by Crippen LogP contribution is 2.33. The highest BCUT2D eigenvalue weighted by atomic mass is 32.2. The maximum atomic E-state index is 12.2. The fourth-order valence-corrected chi connectivity index (χ4v) is 3.56. The molecule has 0 unspecified atom stereocenters. The third kappa shape index (κ3) is 4.85. The SMILES string of the molecule is C[C@@H](Sc1nnc(C2CCCCC2)o1)C(=O)NNC(=O)c1ccccc1. The Bertz CT molecular complexity index is 744. The number of nitrogens with zero attached hydrogens (tertiary/aromatic N) is 2. The van der Waals surface area contributed by atoms with Crippen LogP contribution in [-0.4, -0.2) is 27.3 Å². The van der Waals surface area contributed by atoms with Gasteiger partial charge in [0.2, 0.25) is 5.89 Å². The van der Waals surface area contributed by atoms with Crippen LogP contribution < -0.4 is 10.9 Å². The molecular weight excluding hydrogens is 352 g/mol. The van der Waals surface area contributed by atoms with Crippen molar-refractivity contribution in [1.29, 1.82) is 0 Å². The van der Waals surface area contributed by atoms with E-state index in [2.05, 4.69) is 21.0 Å². The molecule has 1 heterocycles. The molecule has 2 N–H and O–H groups in total. The highest BCUT2D eigenvalue weighted by molar-refractivity contribution is 8.00. The molecule has 1 aromatic carbocycles. The predicted octanol–water partition coefficient (Wildman–Crippen LogP) is 3.06. The molecule has 2 amide bonds. The van der Waals surface area contributed by atoms with Crippen molar-refractivity contribution in [2.75, 3.05) is 0 Å². The standard InChI is InChI=1S/C18H22N4O3S/c1-12(15(23)19-20-16(24)13-8-4-2-5-9-13)26-18-22-21-17(25-18)14-10-6-3-7-11-14/h2,4-5,8-9,12,14H,3,6-7,10-11H2,1H3,(H,19,23)(H,20,24)/t12-/m1/s1. The summed E-state index contributed by atoms with van der Waals surface area (Å²) in [7, 11) is 0. The molecule has 3 rings (SSSR count). The molecule has 0 spiro atoms. The summed E-state index contributed by atoms with van der Waals surface area (Å²) in [5, 5.41) is 8.06. The van der Waals surface area contributed by atoms with Crippen LogP contribution in [-0.2, 0) is 4.79 Å². The van der Waals surface area contributed by atoms with Crippen LogP contribution in [0, 0.1) is 0 Å². The summed E-state index contributed by atoms with van der Waals surface area (Å²) >= 11 is 1.18. The van der Waals surface area contributed by atoms with Gasteiger partial charge in [0.05, 0.1) is 5.25 Å². The van der Waals surface area contributed by atoms with Crippen LogP contribution >= 0.6 is 11.8 Å². The fraction of sp³-hybridized carbons (Fsp3) is 0.444. The minimum absolute atomic E-state index is 0.333. The zero-order valence-corrected chi connectivity index (χ0v) is 15.4. The van der Waals surface area contributed by atoms with Gasteiger partial charge in [-0.15, -0.1) is 10.2 Å². The highest BCUT2D eigenvalue weighted by Gasteiger charge is 2.23. The second kappa shape index (κ2) is 8.84. The van der Waals surface area contributed by atoms with E-state index in [9.17, 15) is 9.59 Å². The Morgan fingerprint density at radius 2 is 1.85 bits per heavy atom. The molecule has 2 aromatic rings. The number of carbonyl (C=O) groups excluding carboxylic acids is 2. The Morgan fingerprint density at radius 3 is 2.58 bits per heavy atom. The number of carbonyl (C=O) groups is 2. The van der Waals surface area contributed by atoms with Gasteiger partial charge in [-0.2, -0.15) is 0 Å². The van der Waals surface area contributed by atoms with Gasteiger partial charge in [0, 0.05) is 11.5 Å². The molecule has 138 valence electrons. The van der Waals surface area contributed by atoms with E-state index < -0.39 is 5.25 Å². The first kappa shape index (κ1) is 18.4. The lowest BCUT2D eigenvalue weighted by Gasteiger charge is -2.17. The molecule has 0 radical (unpaired) electrons. The molecule has 1 atom stereocenters. The number of benzene rings is 1. The van der Waals surface area contributed by atoms with Crippen LogP contribution in [0.2, 0.25) is 0 Å². The number of hydrazine groups is 1. The fourth-order valence-electron chi connectivity index (χ4n) is 2.87. The van der Waals surface area contributed by atoms with Crippen molar-refractivity contribution in [1.82, 2.24) is 21.0 Å². The Hall–Kier alpha value is -2.35. The Balaban J connectivity index is 1.48. The second-order valence-corrected chi connectivity index (χ2v) is 7.60. The van der Waals surface area contributed by atoms with E-state index in [1.165, 1.54) is 31.0 Å². The quantitative estimate of drug-likeness (QED) is 0.617. The lowest BCUT2D eigenvalue weighted by Crippen LogP contribution is -2.44. The molecule has 0 aliphatic heterocycles. The second-order valence-electron chi connectivity index (χ2n) is 6.31. The average molecular weight is 374 g/mol. The normalized spacial score (nSPS) is 16.0. The Labute approximate surface area is 156 Å². The number of thioether (sulfide) groups is 1. The van der Waals surface area contributed by atoms with E-state index in [0.717, 1.165) is 12.8 Å². The summed E-state index contributed by atoms with van der Waals surface area (Å²) in [6, 6.07) is 8.68. The summed E-state index contributed by atoms with van der Waals surface area (Å²) in [5.74, 6) is 0.294. The first-order valence-corrected chi connectivity index (χ1v) is 9.67. The first-order valence-electron chi connectivity index (χ1n) is 8.79. The van der Waals surface area contributed by atoms with Crippen LogP contribution in [0.15, 0.2) is 40.0 Å². The molecule has 0 bridgehead atoms. The van der Waals surface area contributed by atoms with Crippen molar-refractivity contribution in [2.24, 2.45) is 0 Å². The van der Waals surface area contributed by atoms with Gasteiger partial charge in [-0.25, -0.2) is 0 Å². The summed E-state index contributed by atoms with van der Waals surface area (Å²) in [5.41, 5.74) is 5.30. The van der Waals surface area contributed by atoms with Gasteiger partial charge >= 0.3 is 0 Å². The topological polar surface area (TPSA) is 97.1 Å². The lowest BCUT2D eigenvalue weighted by molar-refractivity contribution is -0.121. The van der Waals surface area contributed by atoms with E-state index in [1.54, 1.807) is 31.2 Å². The van der Waals surface area contributed by atoms with E-state index in [1.807, 2.05) is 6.07 Å². The number of hydrogen-bond donors (Lipinski definition) is 2. The maximum absolute atomic E-state index is 12.2. The zero-order valence-electron chi connectivity index (χ0n) is 14.6. The van der Waals surface area contributed by atoms with E-state index in [-0.39, 0.29) is 11.8 Å². The van der Waals surface area contributed by atoms with Gasteiger partial charge in [-0.1, -0.05) is 49.2 Å². The van der Waals surface area contributed by atoms with Gasteiger partial charge in [-0.05, 0) is 31.9 Å². The summed E-state index contributed by atoms with van der Waals surface area (Å²) in [4.78, 5) is 24.1. The van der Waals surface area contributed by atoms with Gasteiger partial charge < -0.3 is 4.42 Å². The zero-order chi connectivity index (χ0) is 18.4. The molecule has 1 fully saturated rings. The third-order valence-corrected chi connectivity index (χ3v) is 5.29. The average Bonchev–Trinajstić information content (AvgIpc) is 3.15. The number of rotatable bonds is 5. The minimum Gasteiger partial charge on any atom is -0.416 e. The van der Waals surface area contributed by atoms with Gasteiger partial charge in [-0.3, -0.25) is 20.4 Å². The summed E-state index contributed by atoms with van der Waals surface area (Å²) in [6.07, 6.45) is 5.80. The first-order chi connectivity index (χ1) is 12.6. The molecule has 7 nitrogen and oxygen atoms in total. The minimum atomic E-state index is -0.481. The van der Waals surface area contributed by atoms with Gasteiger partial charge in [0.25, 0.3) is 17.0 Å². The molecule has 1 aliphatic carbocycles. The van der Waals surface area contributed by atoms with E-state index >= 15 is 0 Å². The van der Waals surface area contributed by atoms with Crippen LogP contribution in [0.4, 0.5) is 0 Å².